The van der Waals surface area contributed by atoms with Crippen molar-refractivity contribution in [2.45, 2.75) is 39.2 Å². The Hall–Kier alpha value is -1.36. The van der Waals surface area contributed by atoms with Crippen molar-refractivity contribution in [3.05, 3.63) is 28.2 Å². The topological polar surface area (TPSA) is 49.4 Å². The largest absolute Gasteiger partial charge is 0.340 e. The van der Waals surface area contributed by atoms with E-state index in [4.69, 9.17) is 0 Å². The molecule has 2 amide bonds. The van der Waals surface area contributed by atoms with Gasteiger partial charge in [-0.3, -0.25) is 14.5 Å². The SMILES string of the molecule is CCC1(CC)NC(=O)CN(c2cc(C)ccc2Br)C1=O. The Morgan fingerprint density at radius 3 is 2.55 bits per heavy atom. The molecule has 1 aliphatic rings. The summed E-state index contributed by atoms with van der Waals surface area (Å²) < 4.78 is 0.826. The van der Waals surface area contributed by atoms with Crippen LogP contribution in [0.2, 0.25) is 0 Å². The number of anilines is 1. The van der Waals surface area contributed by atoms with E-state index in [-0.39, 0.29) is 18.4 Å². The van der Waals surface area contributed by atoms with Crippen LogP contribution >= 0.6 is 15.9 Å². The number of benzene rings is 1. The third-order valence-electron chi connectivity index (χ3n) is 3.93. The smallest absolute Gasteiger partial charge is 0.253 e. The molecule has 0 aromatic heterocycles. The zero-order valence-electron chi connectivity index (χ0n) is 12.0. The van der Waals surface area contributed by atoms with Gasteiger partial charge in [-0.25, -0.2) is 0 Å². The molecule has 0 saturated carbocycles. The van der Waals surface area contributed by atoms with E-state index in [9.17, 15) is 9.59 Å². The number of carbonyl (C=O) groups is 2. The van der Waals surface area contributed by atoms with Crippen molar-refractivity contribution in [3.63, 3.8) is 0 Å². The molecule has 2 rings (SSSR count). The molecule has 0 unspecified atom stereocenters. The highest BCUT2D eigenvalue weighted by Crippen LogP contribution is 2.32. The lowest BCUT2D eigenvalue weighted by Gasteiger charge is -2.41. The van der Waals surface area contributed by atoms with E-state index in [0.717, 1.165) is 15.7 Å². The lowest BCUT2D eigenvalue weighted by atomic mass is 9.88. The summed E-state index contributed by atoms with van der Waals surface area (Å²) in [6, 6.07) is 5.80. The molecule has 1 heterocycles. The highest BCUT2D eigenvalue weighted by Gasteiger charge is 2.44. The minimum atomic E-state index is -0.779. The van der Waals surface area contributed by atoms with Crippen molar-refractivity contribution in [1.29, 1.82) is 0 Å². The zero-order valence-corrected chi connectivity index (χ0v) is 13.6. The molecule has 1 aromatic rings. The van der Waals surface area contributed by atoms with Gasteiger partial charge >= 0.3 is 0 Å². The molecular weight excluding hydrogens is 320 g/mol. The maximum Gasteiger partial charge on any atom is 0.253 e. The summed E-state index contributed by atoms with van der Waals surface area (Å²) in [7, 11) is 0. The second-order valence-corrected chi connectivity index (χ2v) is 6.04. The van der Waals surface area contributed by atoms with Gasteiger partial charge in [0.25, 0.3) is 5.91 Å². The highest BCUT2D eigenvalue weighted by atomic mass is 79.9. The van der Waals surface area contributed by atoms with E-state index in [0.29, 0.717) is 12.8 Å². The molecule has 1 aliphatic heterocycles. The molecule has 108 valence electrons. The molecule has 0 atom stereocenters. The van der Waals surface area contributed by atoms with E-state index >= 15 is 0 Å². The van der Waals surface area contributed by atoms with E-state index in [1.807, 2.05) is 39.0 Å². The Kier molecular flexibility index (Phi) is 4.18. The Morgan fingerprint density at radius 1 is 1.30 bits per heavy atom. The minimum absolute atomic E-state index is 0.0339. The predicted molar refractivity (Wildman–Crippen MR) is 82.7 cm³/mol. The van der Waals surface area contributed by atoms with Crippen LogP contribution in [0.5, 0.6) is 0 Å². The van der Waals surface area contributed by atoms with Crippen molar-refractivity contribution < 1.29 is 9.59 Å². The van der Waals surface area contributed by atoms with Gasteiger partial charge in [0.1, 0.15) is 12.1 Å². The summed E-state index contributed by atoms with van der Waals surface area (Å²) >= 11 is 3.47. The molecule has 4 nitrogen and oxygen atoms in total. The standard InChI is InChI=1S/C15H19BrN2O2/c1-4-15(5-2)14(20)18(9-13(19)17-15)12-8-10(3)6-7-11(12)16/h6-8H,4-5,9H2,1-3H3,(H,17,19). The number of hydrogen-bond donors (Lipinski definition) is 1. The van der Waals surface area contributed by atoms with Crippen LogP contribution in [0.4, 0.5) is 5.69 Å². The van der Waals surface area contributed by atoms with Crippen LogP contribution in [0.3, 0.4) is 0 Å². The quantitative estimate of drug-likeness (QED) is 0.921. The van der Waals surface area contributed by atoms with Crippen molar-refractivity contribution in [3.8, 4) is 0 Å². The van der Waals surface area contributed by atoms with E-state index in [1.165, 1.54) is 0 Å². The first-order valence-electron chi connectivity index (χ1n) is 6.82. The zero-order chi connectivity index (χ0) is 14.9. The average Bonchev–Trinajstić information content (AvgIpc) is 2.44. The molecule has 1 fully saturated rings. The lowest BCUT2D eigenvalue weighted by molar-refractivity contribution is -0.136. The monoisotopic (exact) mass is 338 g/mol. The second-order valence-electron chi connectivity index (χ2n) is 5.18. The van der Waals surface area contributed by atoms with Gasteiger partial charge in [0, 0.05) is 4.47 Å². The van der Waals surface area contributed by atoms with Crippen molar-refractivity contribution in [1.82, 2.24) is 5.32 Å². The van der Waals surface area contributed by atoms with Crippen LogP contribution < -0.4 is 10.2 Å². The van der Waals surface area contributed by atoms with Gasteiger partial charge in [-0.05, 0) is 53.4 Å². The molecule has 1 N–H and O–H groups in total. The summed E-state index contributed by atoms with van der Waals surface area (Å²) in [6.45, 7) is 5.90. The fourth-order valence-corrected chi connectivity index (χ4v) is 3.05. The number of halogens is 1. The van der Waals surface area contributed by atoms with Gasteiger partial charge in [0.05, 0.1) is 5.69 Å². The number of aryl methyl sites for hydroxylation is 1. The molecule has 1 saturated heterocycles. The summed E-state index contributed by atoms with van der Waals surface area (Å²) in [5.74, 6) is -0.143. The molecule has 20 heavy (non-hydrogen) atoms. The van der Waals surface area contributed by atoms with E-state index in [1.54, 1.807) is 4.90 Å². The van der Waals surface area contributed by atoms with Gasteiger partial charge in [0.15, 0.2) is 0 Å². The number of carbonyl (C=O) groups excluding carboxylic acids is 2. The number of piperazine rings is 1. The lowest BCUT2D eigenvalue weighted by Crippen LogP contribution is -2.66. The maximum atomic E-state index is 12.8. The third kappa shape index (κ3) is 2.46. The number of rotatable bonds is 3. The van der Waals surface area contributed by atoms with Crippen LogP contribution in [-0.4, -0.2) is 23.9 Å². The summed E-state index contributed by atoms with van der Waals surface area (Å²) in [5.41, 5.74) is 1.04. The van der Waals surface area contributed by atoms with Crippen molar-refractivity contribution in [2.24, 2.45) is 0 Å². The van der Waals surface area contributed by atoms with Crippen molar-refractivity contribution in [2.75, 3.05) is 11.4 Å². The minimum Gasteiger partial charge on any atom is -0.340 e. The Balaban J connectivity index is 2.47. The Morgan fingerprint density at radius 2 is 1.95 bits per heavy atom. The summed E-state index contributed by atoms with van der Waals surface area (Å²) in [5, 5.41) is 2.87. The Bertz CT molecular complexity index is 553. The van der Waals surface area contributed by atoms with Gasteiger partial charge in [-0.1, -0.05) is 19.9 Å². The van der Waals surface area contributed by atoms with Gasteiger partial charge in [0.2, 0.25) is 5.91 Å². The molecule has 0 aliphatic carbocycles. The van der Waals surface area contributed by atoms with Crippen LogP contribution in [0, 0.1) is 6.92 Å². The maximum absolute atomic E-state index is 12.8. The molecular formula is C15H19BrN2O2. The molecule has 5 heteroatoms. The molecule has 1 aromatic carbocycles. The number of hydrogen-bond acceptors (Lipinski definition) is 2. The highest BCUT2D eigenvalue weighted by molar-refractivity contribution is 9.10. The van der Waals surface area contributed by atoms with Crippen LogP contribution in [0.1, 0.15) is 32.3 Å². The van der Waals surface area contributed by atoms with Gasteiger partial charge in [-0.2, -0.15) is 0 Å². The van der Waals surface area contributed by atoms with Crippen LogP contribution in [-0.2, 0) is 9.59 Å². The first-order valence-corrected chi connectivity index (χ1v) is 7.62. The van der Waals surface area contributed by atoms with E-state index < -0.39 is 5.54 Å². The van der Waals surface area contributed by atoms with Crippen LogP contribution in [0.15, 0.2) is 22.7 Å². The first kappa shape index (κ1) is 15.0. The second kappa shape index (κ2) is 5.56. The summed E-state index contributed by atoms with van der Waals surface area (Å²) in [6.07, 6.45) is 1.18. The number of amides is 2. The third-order valence-corrected chi connectivity index (χ3v) is 4.61. The van der Waals surface area contributed by atoms with Gasteiger partial charge in [-0.15, -0.1) is 0 Å². The normalized spacial score (nSPS) is 18.1. The number of nitrogens with zero attached hydrogens (tertiary/aromatic N) is 1. The fourth-order valence-electron chi connectivity index (χ4n) is 2.59. The molecule has 0 radical (unpaired) electrons. The van der Waals surface area contributed by atoms with Gasteiger partial charge < -0.3 is 5.32 Å². The molecule has 0 spiro atoms. The fraction of sp³-hybridized carbons (Fsp3) is 0.467. The Labute approximate surface area is 127 Å². The number of nitrogens with one attached hydrogen (secondary N) is 1. The average molecular weight is 339 g/mol. The van der Waals surface area contributed by atoms with Crippen molar-refractivity contribution >= 4 is 33.4 Å². The van der Waals surface area contributed by atoms with Crippen LogP contribution in [0.25, 0.3) is 0 Å². The summed E-state index contributed by atoms with van der Waals surface area (Å²) in [4.78, 5) is 26.4. The first-order chi connectivity index (χ1) is 9.43. The predicted octanol–water partition coefficient (Wildman–Crippen LogP) is 2.78. The molecule has 0 bridgehead atoms. The van der Waals surface area contributed by atoms with E-state index in [2.05, 4.69) is 21.2 Å².